The van der Waals surface area contributed by atoms with Crippen LogP contribution in [0, 0.1) is 17.2 Å². The molecule has 0 saturated carbocycles. The zero-order valence-electron chi connectivity index (χ0n) is 16.8. The predicted molar refractivity (Wildman–Crippen MR) is 102 cm³/mol. The largest absolute Gasteiger partial charge is 0.422 e. The molecule has 2 aliphatic heterocycles. The van der Waals surface area contributed by atoms with Crippen molar-refractivity contribution in [3.8, 4) is 6.07 Å². The maximum atomic E-state index is 13.6. The van der Waals surface area contributed by atoms with Crippen LogP contribution < -0.4 is 16.4 Å². The molecule has 178 valence electrons. The van der Waals surface area contributed by atoms with E-state index in [2.05, 4.69) is 9.98 Å². The number of nitriles is 1. The van der Waals surface area contributed by atoms with Gasteiger partial charge >= 0.3 is 12.4 Å². The van der Waals surface area contributed by atoms with Crippen LogP contribution in [0.5, 0.6) is 0 Å². The summed E-state index contributed by atoms with van der Waals surface area (Å²) in [5.74, 6) is -2.63. The zero-order chi connectivity index (χ0) is 24.8. The van der Waals surface area contributed by atoms with E-state index in [1.807, 2.05) is 0 Å². The molecule has 1 aromatic rings. The summed E-state index contributed by atoms with van der Waals surface area (Å²) >= 11 is 0. The van der Waals surface area contributed by atoms with Crippen LogP contribution in [0.25, 0.3) is 0 Å². The molecule has 1 unspecified atom stereocenters. The van der Waals surface area contributed by atoms with Crippen LogP contribution in [0.15, 0.2) is 28.4 Å². The highest BCUT2D eigenvalue weighted by atomic mass is 19.4. The maximum Gasteiger partial charge on any atom is 0.422 e. The van der Waals surface area contributed by atoms with Crippen LogP contribution in [0.3, 0.4) is 0 Å². The fourth-order valence-corrected chi connectivity index (χ4v) is 3.94. The van der Waals surface area contributed by atoms with Gasteiger partial charge in [-0.1, -0.05) is 0 Å². The second-order valence-electron chi connectivity index (χ2n) is 7.69. The number of rotatable bonds is 2. The van der Waals surface area contributed by atoms with E-state index < -0.39 is 58.9 Å². The summed E-state index contributed by atoms with van der Waals surface area (Å²) in [5, 5.41) is 19.3. The first-order chi connectivity index (χ1) is 15.2. The Balaban J connectivity index is 1.86. The molecule has 1 atom stereocenters. The van der Waals surface area contributed by atoms with Crippen molar-refractivity contribution < 1.29 is 36.2 Å². The lowest BCUT2D eigenvalue weighted by atomic mass is 9.80. The number of hydrogen-bond donors (Lipinski definition) is 3. The third-order valence-electron chi connectivity index (χ3n) is 5.63. The molecule has 3 heterocycles. The highest BCUT2D eigenvalue weighted by Crippen LogP contribution is 2.43. The molecule has 0 bridgehead atoms. The van der Waals surface area contributed by atoms with Crippen molar-refractivity contribution in [2.45, 2.75) is 37.2 Å². The lowest BCUT2D eigenvalue weighted by molar-refractivity contribution is -0.244. The van der Waals surface area contributed by atoms with E-state index in [1.54, 1.807) is 4.90 Å². The number of amides is 1. The second-order valence-corrected chi connectivity index (χ2v) is 7.69. The van der Waals surface area contributed by atoms with Gasteiger partial charge in [0.05, 0.1) is 17.6 Å². The average molecular weight is 476 g/mol. The molecular formula is C19H18F6N6O2. The van der Waals surface area contributed by atoms with Crippen LogP contribution in [-0.4, -0.2) is 46.7 Å². The van der Waals surface area contributed by atoms with Crippen molar-refractivity contribution in [1.29, 1.82) is 5.26 Å². The molecule has 1 saturated heterocycles. The SMILES string of the molecule is N#Cc1nc(N2CCC(C(N)=C3C(N)=NC(=O)CC3(O)C(F)(F)F)CC2)ccc1C(F)(F)F. The van der Waals surface area contributed by atoms with E-state index in [9.17, 15) is 36.2 Å². The highest BCUT2D eigenvalue weighted by Gasteiger charge is 2.60. The zero-order valence-corrected chi connectivity index (χ0v) is 16.8. The normalized spacial score (nSPS) is 24.4. The Morgan fingerprint density at radius 2 is 1.82 bits per heavy atom. The van der Waals surface area contributed by atoms with Gasteiger partial charge in [-0.3, -0.25) is 4.79 Å². The van der Waals surface area contributed by atoms with Gasteiger partial charge in [0.1, 0.15) is 17.7 Å². The topological polar surface area (TPSA) is 142 Å². The molecular weight excluding hydrogens is 458 g/mol. The first kappa shape index (κ1) is 24.3. The summed E-state index contributed by atoms with van der Waals surface area (Å²) in [5.41, 5.74) is 4.75. The van der Waals surface area contributed by atoms with Crippen molar-refractivity contribution >= 4 is 17.6 Å². The summed E-state index contributed by atoms with van der Waals surface area (Å²) in [4.78, 5) is 20.1. The monoisotopic (exact) mass is 476 g/mol. The molecule has 1 aromatic heterocycles. The van der Waals surface area contributed by atoms with Gasteiger partial charge in [-0.2, -0.15) is 36.6 Å². The van der Waals surface area contributed by atoms with Crippen molar-refractivity contribution in [2.75, 3.05) is 18.0 Å². The number of hydrogen-bond acceptors (Lipinski definition) is 7. The Bertz CT molecular complexity index is 1070. The number of piperidine rings is 1. The standard InChI is InChI=1S/C19H18F6N6O2/c20-18(21,22)10-1-2-12(29-11(10)8-26)31-5-3-9(4-6-31)15(27)14-16(28)30-13(32)7-17(14,33)19(23,24)25/h1-2,9,33H,3-7,27H2,(H2,28,30,32). The summed E-state index contributed by atoms with van der Waals surface area (Å²) in [7, 11) is 0. The van der Waals surface area contributed by atoms with E-state index in [1.165, 1.54) is 6.07 Å². The number of amidine groups is 1. The molecule has 2 aliphatic rings. The predicted octanol–water partition coefficient (Wildman–Crippen LogP) is 1.98. The molecule has 0 radical (unpaired) electrons. The minimum absolute atomic E-state index is 0.0976. The first-order valence-electron chi connectivity index (χ1n) is 9.59. The van der Waals surface area contributed by atoms with Gasteiger partial charge in [-0.05, 0) is 25.0 Å². The van der Waals surface area contributed by atoms with Gasteiger partial charge in [-0.25, -0.2) is 4.98 Å². The lowest BCUT2D eigenvalue weighted by Crippen LogP contribution is -2.55. The Kier molecular flexibility index (Phi) is 6.05. The number of alkyl halides is 6. The van der Waals surface area contributed by atoms with E-state index >= 15 is 0 Å². The molecule has 14 heteroatoms. The number of nitrogens with two attached hydrogens (primary N) is 2. The van der Waals surface area contributed by atoms with Gasteiger partial charge in [0.25, 0.3) is 5.91 Å². The average Bonchev–Trinajstić information content (AvgIpc) is 2.71. The molecule has 33 heavy (non-hydrogen) atoms. The van der Waals surface area contributed by atoms with Gasteiger partial charge in [0.2, 0.25) is 0 Å². The lowest BCUT2D eigenvalue weighted by Gasteiger charge is -2.38. The number of carbonyl (C=O) groups excluding carboxylic acids is 1. The first-order valence-corrected chi connectivity index (χ1v) is 9.59. The van der Waals surface area contributed by atoms with Gasteiger partial charge < -0.3 is 21.5 Å². The fourth-order valence-electron chi connectivity index (χ4n) is 3.94. The Labute approximate surface area is 183 Å². The summed E-state index contributed by atoms with van der Waals surface area (Å²) < 4.78 is 79.7. The number of aliphatic imine (C=N–C) groups is 1. The molecule has 0 aromatic carbocycles. The van der Waals surface area contributed by atoms with Crippen LogP contribution in [0.4, 0.5) is 32.2 Å². The van der Waals surface area contributed by atoms with E-state index in [-0.39, 0.29) is 37.4 Å². The number of allylic oxidation sites excluding steroid dienone is 1. The molecule has 3 rings (SSSR count). The van der Waals surface area contributed by atoms with E-state index in [0.29, 0.717) is 0 Å². The maximum absolute atomic E-state index is 13.6. The van der Waals surface area contributed by atoms with Gasteiger partial charge in [0.15, 0.2) is 11.3 Å². The number of pyridine rings is 1. The quantitative estimate of drug-likeness (QED) is 0.554. The smallest absolute Gasteiger partial charge is 0.401 e. The number of anilines is 1. The Hall–Kier alpha value is -3.34. The summed E-state index contributed by atoms with van der Waals surface area (Å²) in [6, 6.07) is 3.25. The number of carbonyl (C=O) groups is 1. The summed E-state index contributed by atoms with van der Waals surface area (Å²) in [6.45, 7) is 0.282. The summed E-state index contributed by atoms with van der Waals surface area (Å²) in [6.07, 6.45) is -11.0. The second kappa shape index (κ2) is 8.22. The Morgan fingerprint density at radius 3 is 2.33 bits per heavy atom. The van der Waals surface area contributed by atoms with Crippen LogP contribution in [-0.2, 0) is 11.0 Å². The molecule has 0 aliphatic carbocycles. The minimum Gasteiger partial charge on any atom is -0.401 e. The number of aliphatic hydroxyl groups is 1. The minimum atomic E-state index is -5.23. The van der Waals surface area contributed by atoms with Crippen molar-refractivity contribution in [3.05, 3.63) is 34.7 Å². The Morgan fingerprint density at radius 1 is 1.21 bits per heavy atom. The number of aromatic nitrogens is 1. The van der Waals surface area contributed by atoms with Crippen molar-refractivity contribution in [2.24, 2.45) is 22.4 Å². The highest BCUT2D eigenvalue weighted by molar-refractivity contribution is 6.09. The third-order valence-corrected chi connectivity index (χ3v) is 5.63. The van der Waals surface area contributed by atoms with Gasteiger partial charge in [0, 0.05) is 24.7 Å². The molecule has 1 fully saturated rings. The van der Waals surface area contributed by atoms with Crippen LogP contribution >= 0.6 is 0 Å². The van der Waals surface area contributed by atoms with E-state index in [0.717, 1.165) is 12.1 Å². The molecule has 8 nitrogen and oxygen atoms in total. The molecule has 5 N–H and O–H groups in total. The molecule has 0 spiro atoms. The van der Waals surface area contributed by atoms with Crippen molar-refractivity contribution in [1.82, 2.24) is 4.98 Å². The number of nitrogens with zero attached hydrogens (tertiary/aromatic N) is 4. The van der Waals surface area contributed by atoms with Crippen LogP contribution in [0.2, 0.25) is 0 Å². The fraction of sp³-hybridized carbons (Fsp3) is 0.474. The van der Waals surface area contributed by atoms with E-state index in [4.69, 9.17) is 16.7 Å². The van der Waals surface area contributed by atoms with Crippen LogP contribution in [0.1, 0.15) is 30.5 Å². The van der Waals surface area contributed by atoms with Gasteiger partial charge in [-0.15, -0.1) is 0 Å². The molecule has 1 amide bonds. The van der Waals surface area contributed by atoms with Crippen molar-refractivity contribution in [3.63, 3.8) is 0 Å². The number of halogens is 6. The third kappa shape index (κ3) is 4.45.